The summed E-state index contributed by atoms with van der Waals surface area (Å²) in [7, 11) is 1.68. The maximum absolute atomic E-state index is 14.9. The zero-order valence-corrected chi connectivity index (χ0v) is 20.7. The first-order valence-corrected chi connectivity index (χ1v) is 12.8. The number of aliphatic imine (C=N–C) groups is 1. The number of nitrogens with zero attached hydrogens (tertiary/aromatic N) is 3. The molecule has 37 heavy (non-hydrogen) atoms. The normalized spacial score (nSPS) is 22.3. The first-order valence-electron chi connectivity index (χ1n) is 12.8. The predicted molar refractivity (Wildman–Crippen MR) is 137 cm³/mol. The van der Waals surface area contributed by atoms with E-state index in [2.05, 4.69) is 27.5 Å². The van der Waals surface area contributed by atoms with E-state index in [4.69, 9.17) is 4.74 Å². The Hall–Kier alpha value is -3.65. The van der Waals surface area contributed by atoms with Crippen molar-refractivity contribution < 1.29 is 18.7 Å². The number of carbonyl (C=O) groups excluding carboxylic acids is 2. The molecule has 190 valence electrons. The molecule has 1 aliphatic heterocycles. The Balaban J connectivity index is 1.31. The fraction of sp³-hybridized carbons (Fsp3) is 0.379. The monoisotopic (exact) mass is 500 g/mol. The summed E-state index contributed by atoms with van der Waals surface area (Å²) >= 11 is 0. The largest absolute Gasteiger partial charge is 0.381 e. The number of rotatable bonds is 6. The van der Waals surface area contributed by atoms with Gasteiger partial charge in [-0.3, -0.25) is 14.3 Å². The van der Waals surface area contributed by atoms with Crippen LogP contribution < -0.4 is 5.32 Å². The predicted octanol–water partition coefficient (Wildman–Crippen LogP) is 4.65. The standard InChI is InChI=1S/C29H29FN4O3/c1-34-25(8-12-32-34)28(36)31-16-23(26-22-5-3-2-4-18(22)15-29(26)10-11-29)27(35)33-20-6-7-21(24(30)14-20)19-9-13-37-17-19/h2-8,12,14,16,19,23,26H,9-11,13,15,17H2,1H3,(H,33,35)/b31-16-. The second kappa shape index (κ2) is 9.34. The molecule has 1 spiro atoms. The molecule has 6 rings (SSSR count). The molecule has 7 nitrogen and oxygen atoms in total. The minimum absolute atomic E-state index is 0.00906. The summed E-state index contributed by atoms with van der Waals surface area (Å²) in [4.78, 5) is 30.8. The van der Waals surface area contributed by atoms with E-state index in [-0.39, 0.29) is 29.0 Å². The third-order valence-electron chi connectivity index (χ3n) is 8.18. The minimum Gasteiger partial charge on any atom is -0.381 e. The molecule has 0 bridgehead atoms. The van der Waals surface area contributed by atoms with Gasteiger partial charge in [0.05, 0.1) is 12.5 Å². The Morgan fingerprint density at radius 1 is 1.22 bits per heavy atom. The van der Waals surface area contributed by atoms with Gasteiger partial charge in [-0.15, -0.1) is 0 Å². The number of benzene rings is 2. The molecule has 1 aromatic heterocycles. The van der Waals surface area contributed by atoms with Crippen LogP contribution in [0.5, 0.6) is 0 Å². The van der Waals surface area contributed by atoms with Crippen molar-refractivity contribution in [3.63, 3.8) is 0 Å². The van der Waals surface area contributed by atoms with E-state index in [0.717, 1.165) is 31.2 Å². The molecule has 2 aliphatic carbocycles. The van der Waals surface area contributed by atoms with E-state index in [1.807, 2.05) is 12.1 Å². The van der Waals surface area contributed by atoms with Gasteiger partial charge < -0.3 is 10.1 Å². The quantitative estimate of drug-likeness (QED) is 0.500. The average molecular weight is 501 g/mol. The molecule has 3 atom stereocenters. The lowest BCUT2D eigenvalue weighted by atomic mass is 9.79. The molecule has 0 radical (unpaired) electrons. The number of hydrogen-bond acceptors (Lipinski definition) is 4. The number of nitrogens with one attached hydrogen (secondary N) is 1. The van der Waals surface area contributed by atoms with Crippen LogP contribution in [0.15, 0.2) is 59.7 Å². The molecule has 3 aromatic rings. The first-order chi connectivity index (χ1) is 17.9. The highest BCUT2D eigenvalue weighted by molar-refractivity contribution is 6.07. The maximum Gasteiger partial charge on any atom is 0.294 e. The molecule has 1 N–H and O–H groups in total. The number of aryl methyl sites for hydroxylation is 1. The molecule has 3 unspecified atom stereocenters. The van der Waals surface area contributed by atoms with Gasteiger partial charge >= 0.3 is 0 Å². The summed E-state index contributed by atoms with van der Waals surface area (Å²) in [6.45, 7) is 1.14. The van der Waals surface area contributed by atoms with Crippen LogP contribution in [0.4, 0.5) is 10.1 Å². The summed E-state index contributed by atoms with van der Waals surface area (Å²) in [5.74, 6) is -1.86. The molecule has 3 aliphatic rings. The van der Waals surface area contributed by atoms with E-state index in [1.54, 1.807) is 25.2 Å². The van der Waals surface area contributed by atoms with Crippen molar-refractivity contribution in [2.24, 2.45) is 23.4 Å². The number of amides is 2. The van der Waals surface area contributed by atoms with Crippen LogP contribution in [0.25, 0.3) is 0 Å². The molecular weight excluding hydrogens is 471 g/mol. The van der Waals surface area contributed by atoms with Crippen LogP contribution >= 0.6 is 0 Å². The van der Waals surface area contributed by atoms with Gasteiger partial charge in [0, 0.05) is 43.6 Å². The summed E-state index contributed by atoms with van der Waals surface area (Å²) in [6.07, 6.45) is 6.76. The average Bonchev–Trinajstić information content (AvgIpc) is 3.22. The minimum atomic E-state index is -0.686. The third kappa shape index (κ3) is 4.39. The zero-order chi connectivity index (χ0) is 25.6. The highest BCUT2D eigenvalue weighted by Crippen LogP contribution is 2.65. The van der Waals surface area contributed by atoms with Gasteiger partial charge in [0.1, 0.15) is 11.5 Å². The van der Waals surface area contributed by atoms with Gasteiger partial charge in [-0.1, -0.05) is 30.3 Å². The number of hydrogen-bond donors (Lipinski definition) is 1. The van der Waals surface area contributed by atoms with Crippen molar-refractivity contribution in [2.75, 3.05) is 18.5 Å². The van der Waals surface area contributed by atoms with E-state index < -0.39 is 11.8 Å². The van der Waals surface area contributed by atoms with Crippen LogP contribution in [-0.4, -0.2) is 41.0 Å². The number of carbonyl (C=O) groups is 2. The van der Waals surface area contributed by atoms with Crippen LogP contribution in [0, 0.1) is 17.2 Å². The van der Waals surface area contributed by atoms with Crippen LogP contribution in [-0.2, 0) is 23.0 Å². The third-order valence-corrected chi connectivity index (χ3v) is 8.18. The molecular formula is C29H29FN4O3. The Labute approximate surface area is 214 Å². The number of anilines is 1. The van der Waals surface area contributed by atoms with Crippen molar-refractivity contribution in [2.45, 2.75) is 37.5 Å². The number of ether oxygens (including phenoxy) is 1. The van der Waals surface area contributed by atoms with Crippen molar-refractivity contribution in [3.8, 4) is 0 Å². The Morgan fingerprint density at radius 3 is 2.76 bits per heavy atom. The smallest absolute Gasteiger partial charge is 0.294 e. The fourth-order valence-corrected chi connectivity index (χ4v) is 6.08. The molecule has 2 heterocycles. The number of aromatic nitrogens is 2. The lowest BCUT2D eigenvalue weighted by Gasteiger charge is -2.26. The first kappa shape index (κ1) is 23.7. The van der Waals surface area contributed by atoms with Gasteiger partial charge in [-0.2, -0.15) is 5.10 Å². The van der Waals surface area contributed by atoms with Crippen molar-refractivity contribution >= 4 is 23.7 Å². The number of halogens is 1. The molecule has 8 heteroatoms. The number of fused-ring (bicyclic) bond motifs is 1. The summed E-state index contributed by atoms with van der Waals surface area (Å²) in [5, 5.41) is 6.95. The van der Waals surface area contributed by atoms with Crippen LogP contribution in [0.1, 0.15) is 58.3 Å². The summed E-state index contributed by atoms with van der Waals surface area (Å²) < 4.78 is 21.8. The lowest BCUT2D eigenvalue weighted by Crippen LogP contribution is -2.33. The second-order valence-corrected chi connectivity index (χ2v) is 10.5. The molecule has 2 fully saturated rings. The van der Waals surface area contributed by atoms with Gasteiger partial charge in [0.15, 0.2) is 0 Å². The van der Waals surface area contributed by atoms with Crippen molar-refractivity contribution in [3.05, 3.63) is 82.9 Å². The van der Waals surface area contributed by atoms with Gasteiger partial charge in [-0.25, -0.2) is 9.38 Å². The van der Waals surface area contributed by atoms with Gasteiger partial charge in [0.2, 0.25) is 5.91 Å². The molecule has 1 saturated heterocycles. The Morgan fingerprint density at radius 2 is 2.05 bits per heavy atom. The van der Waals surface area contributed by atoms with E-state index in [0.29, 0.717) is 30.2 Å². The zero-order valence-electron chi connectivity index (χ0n) is 20.7. The van der Waals surface area contributed by atoms with E-state index in [9.17, 15) is 14.0 Å². The highest BCUT2D eigenvalue weighted by atomic mass is 19.1. The molecule has 2 amide bonds. The van der Waals surface area contributed by atoms with Crippen LogP contribution in [0.2, 0.25) is 0 Å². The van der Waals surface area contributed by atoms with Gasteiger partial charge in [0.25, 0.3) is 5.91 Å². The molecule has 2 aromatic carbocycles. The molecule has 1 saturated carbocycles. The van der Waals surface area contributed by atoms with Crippen LogP contribution in [0.3, 0.4) is 0 Å². The fourth-order valence-electron chi connectivity index (χ4n) is 6.08. The second-order valence-electron chi connectivity index (χ2n) is 10.5. The van der Waals surface area contributed by atoms with Crippen molar-refractivity contribution in [1.29, 1.82) is 0 Å². The van der Waals surface area contributed by atoms with E-state index >= 15 is 0 Å². The maximum atomic E-state index is 14.9. The van der Waals surface area contributed by atoms with Gasteiger partial charge in [-0.05, 0) is 66.0 Å². The summed E-state index contributed by atoms with van der Waals surface area (Å²) in [5.41, 5.74) is 3.70. The highest BCUT2D eigenvalue weighted by Gasteiger charge is 2.57. The topological polar surface area (TPSA) is 85.6 Å². The summed E-state index contributed by atoms with van der Waals surface area (Å²) in [6, 6.07) is 14.6. The Kier molecular flexibility index (Phi) is 5.99. The SMILES string of the molecule is Cn1nccc1C(=O)/N=C\C(C(=O)Nc1ccc(C2CCOC2)c(F)c1)C1c2ccccc2CC12CC2. The lowest BCUT2D eigenvalue weighted by molar-refractivity contribution is -0.118. The van der Waals surface area contributed by atoms with Crippen molar-refractivity contribution in [1.82, 2.24) is 9.78 Å². The van der Waals surface area contributed by atoms with E-state index in [1.165, 1.54) is 28.7 Å². The Bertz CT molecular complexity index is 1390.